The zero-order valence-electron chi connectivity index (χ0n) is 12.8. The molecule has 7 heteroatoms. The summed E-state index contributed by atoms with van der Waals surface area (Å²) in [5, 5.41) is 16.8. The molecule has 0 spiro atoms. The molecule has 1 saturated heterocycles. The third-order valence-corrected chi connectivity index (χ3v) is 4.13. The Labute approximate surface area is 130 Å². The zero-order valence-corrected chi connectivity index (χ0v) is 12.8. The third-order valence-electron chi connectivity index (χ3n) is 4.13. The lowest BCUT2D eigenvalue weighted by molar-refractivity contribution is 0.208. The largest absolute Gasteiger partial charge is 0.396 e. The molecule has 2 aromatic rings. The van der Waals surface area contributed by atoms with E-state index in [4.69, 9.17) is 0 Å². The summed E-state index contributed by atoms with van der Waals surface area (Å²) in [4.78, 5) is 10.9. The number of aryl methyl sites for hydroxylation is 1. The molecule has 3 rings (SSSR count). The van der Waals surface area contributed by atoms with Crippen LogP contribution in [-0.2, 0) is 13.6 Å². The van der Waals surface area contributed by atoms with Crippen LogP contribution >= 0.6 is 0 Å². The molecule has 2 N–H and O–H groups in total. The van der Waals surface area contributed by atoms with Crippen molar-refractivity contribution in [2.45, 2.75) is 19.4 Å². The van der Waals surface area contributed by atoms with Gasteiger partial charge in [-0.1, -0.05) is 0 Å². The molecule has 22 heavy (non-hydrogen) atoms. The van der Waals surface area contributed by atoms with E-state index in [9.17, 15) is 5.11 Å². The maximum Gasteiger partial charge on any atom is 0.134 e. The van der Waals surface area contributed by atoms with Gasteiger partial charge in [0, 0.05) is 39.0 Å². The highest BCUT2D eigenvalue weighted by Gasteiger charge is 2.20. The molecular formula is C15H22N6O. The molecule has 1 fully saturated rings. The van der Waals surface area contributed by atoms with Crippen LogP contribution in [0, 0.1) is 5.92 Å². The second kappa shape index (κ2) is 6.74. The fourth-order valence-electron chi connectivity index (χ4n) is 2.79. The molecule has 2 aromatic heterocycles. The van der Waals surface area contributed by atoms with Gasteiger partial charge in [-0.2, -0.15) is 5.10 Å². The summed E-state index contributed by atoms with van der Waals surface area (Å²) < 4.78 is 1.84. The summed E-state index contributed by atoms with van der Waals surface area (Å²) in [7, 11) is 1.92. The summed E-state index contributed by atoms with van der Waals surface area (Å²) >= 11 is 0. The molecule has 1 aliphatic rings. The Hall–Kier alpha value is -2.15. The highest BCUT2D eigenvalue weighted by molar-refractivity contribution is 5.48. The lowest BCUT2D eigenvalue weighted by atomic mass is 9.99. The number of nitrogens with zero attached hydrogens (tertiary/aromatic N) is 5. The number of hydrogen-bond donors (Lipinski definition) is 2. The van der Waals surface area contributed by atoms with Gasteiger partial charge in [-0.25, -0.2) is 9.97 Å². The molecule has 0 aromatic carbocycles. The molecular weight excluding hydrogens is 280 g/mol. The van der Waals surface area contributed by atoms with Crippen molar-refractivity contribution in [1.29, 1.82) is 0 Å². The minimum Gasteiger partial charge on any atom is -0.396 e. The molecule has 118 valence electrons. The zero-order chi connectivity index (χ0) is 15.4. The standard InChI is InChI=1S/C15H22N6O/c1-20-13(4-5-19-20)8-16-14-7-15(18-11-17-14)21-6-2-3-12(9-21)10-22/h4-5,7,11-12,22H,2-3,6,8-10H2,1H3,(H,16,17,18)/t12-/m0/s1. The van der Waals surface area contributed by atoms with Gasteiger partial charge in [0.1, 0.15) is 18.0 Å². The topological polar surface area (TPSA) is 79.1 Å². The van der Waals surface area contributed by atoms with Crippen LogP contribution in [0.4, 0.5) is 11.6 Å². The summed E-state index contributed by atoms with van der Waals surface area (Å²) in [5.74, 6) is 2.06. The maximum absolute atomic E-state index is 9.35. The van der Waals surface area contributed by atoms with E-state index in [0.29, 0.717) is 12.5 Å². The predicted molar refractivity (Wildman–Crippen MR) is 84.6 cm³/mol. The van der Waals surface area contributed by atoms with Crippen LogP contribution in [0.2, 0.25) is 0 Å². The molecule has 0 amide bonds. The molecule has 1 atom stereocenters. The van der Waals surface area contributed by atoms with Crippen LogP contribution < -0.4 is 10.2 Å². The molecule has 0 unspecified atom stereocenters. The van der Waals surface area contributed by atoms with Crippen LogP contribution in [-0.4, -0.2) is 44.6 Å². The van der Waals surface area contributed by atoms with Crippen LogP contribution in [0.5, 0.6) is 0 Å². The van der Waals surface area contributed by atoms with Gasteiger partial charge in [-0.05, 0) is 24.8 Å². The van der Waals surface area contributed by atoms with Gasteiger partial charge in [-0.3, -0.25) is 4.68 Å². The van der Waals surface area contributed by atoms with Crippen molar-refractivity contribution < 1.29 is 5.11 Å². The van der Waals surface area contributed by atoms with Gasteiger partial charge in [0.05, 0.1) is 12.2 Å². The SMILES string of the molecule is Cn1nccc1CNc1cc(N2CCC[C@H](CO)C2)ncn1. The number of hydrogen-bond acceptors (Lipinski definition) is 6. The van der Waals surface area contributed by atoms with Crippen molar-refractivity contribution in [1.82, 2.24) is 19.7 Å². The Kier molecular flexibility index (Phi) is 4.53. The van der Waals surface area contributed by atoms with Gasteiger partial charge < -0.3 is 15.3 Å². The van der Waals surface area contributed by atoms with Crippen molar-refractivity contribution in [3.8, 4) is 0 Å². The van der Waals surface area contributed by atoms with Crippen molar-refractivity contribution in [3.05, 3.63) is 30.4 Å². The minimum absolute atomic E-state index is 0.243. The van der Waals surface area contributed by atoms with E-state index < -0.39 is 0 Å². The Bertz CT molecular complexity index is 614. The first kappa shape index (κ1) is 14.8. The molecule has 3 heterocycles. The second-order valence-electron chi connectivity index (χ2n) is 5.70. The minimum atomic E-state index is 0.243. The summed E-state index contributed by atoms with van der Waals surface area (Å²) in [5.41, 5.74) is 1.10. The van der Waals surface area contributed by atoms with E-state index >= 15 is 0 Å². The first-order valence-electron chi connectivity index (χ1n) is 7.65. The number of aliphatic hydroxyl groups is 1. The number of rotatable bonds is 5. The average Bonchev–Trinajstić information content (AvgIpc) is 2.98. The van der Waals surface area contributed by atoms with Crippen molar-refractivity contribution in [3.63, 3.8) is 0 Å². The van der Waals surface area contributed by atoms with E-state index in [1.165, 1.54) is 0 Å². The van der Waals surface area contributed by atoms with E-state index in [-0.39, 0.29) is 6.61 Å². The van der Waals surface area contributed by atoms with Gasteiger partial charge in [0.2, 0.25) is 0 Å². The number of aromatic nitrogens is 4. The quantitative estimate of drug-likeness (QED) is 0.859. The maximum atomic E-state index is 9.35. The van der Waals surface area contributed by atoms with E-state index in [1.807, 2.05) is 23.9 Å². The first-order chi connectivity index (χ1) is 10.8. The fourth-order valence-corrected chi connectivity index (χ4v) is 2.79. The first-order valence-corrected chi connectivity index (χ1v) is 7.65. The lowest BCUT2D eigenvalue weighted by Gasteiger charge is -2.32. The van der Waals surface area contributed by atoms with Crippen molar-refractivity contribution in [2.24, 2.45) is 13.0 Å². The van der Waals surface area contributed by atoms with Crippen LogP contribution in [0.25, 0.3) is 0 Å². The van der Waals surface area contributed by atoms with E-state index in [0.717, 1.165) is 43.3 Å². The Morgan fingerprint density at radius 1 is 1.41 bits per heavy atom. The second-order valence-corrected chi connectivity index (χ2v) is 5.70. The van der Waals surface area contributed by atoms with Crippen molar-refractivity contribution in [2.75, 3.05) is 29.9 Å². The number of nitrogens with one attached hydrogen (secondary N) is 1. The Morgan fingerprint density at radius 2 is 2.32 bits per heavy atom. The van der Waals surface area contributed by atoms with Crippen LogP contribution in [0.15, 0.2) is 24.7 Å². The molecule has 1 aliphatic heterocycles. The number of aliphatic hydroxyl groups excluding tert-OH is 1. The van der Waals surface area contributed by atoms with Crippen LogP contribution in [0.1, 0.15) is 18.5 Å². The van der Waals surface area contributed by atoms with Crippen LogP contribution in [0.3, 0.4) is 0 Å². The molecule has 0 bridgehead atoms. The van der Waals surface area contributed by atoms with Gasteiger partial charge >= 0.3 is 0 Å². The Morgan fingerprint density at radius 3 is 3.09 bits per heavy atom. The molecule has 7 nitrogen and oxygen atoms in total. The lowest BCUT2D eigenvalue weighted by Crippen LogP contribution is -2.37. The molecule has 0 radical (unpaired) electrons. The van der Waals surface area contributed by atoms with Gasteiger partial charge in [0.15, 0.2) is 0 Å². The Balaban J connectivity index is 1.66. The summed E-state index contributed by atoms with van der Waals surface area (Å²) in [6.45, 7) is 2.75. The smallest absolute Gasteiger partial charge is 0.134 e. The molecule has 0 saturated carbocycles. The normalized spacial score (nSPS) is 18.5. The van der Waals surface area contributed by atoms with E-state index in [1.54, 1.807) is 12.5 Å². The summed E-state index contributed by atoms with van der Waals surface area (Å²) in [6.07, 6.45) is 5.55. The van der Waals surface area contributed by atoms with E-state index in [2.05, 4.69) is 25.3 Å². The summed E-state index contributed by atoms with van der Waals surface area (Å²) in [6, 6.07) is 3.95. The van der Waals surface area contributed by atoms with Gasteiger partial charge in [0.25, 0.3) is 0 Å². The molecule has 0 aliphatic carbocycles. The van der Waals surface area contributed by atoms with Crippen molar-refractivity contribution >= 4 is 11.6 Å². The fraction of sp³-hybridized carbons (Fsp3) is 0.533. The highest BCUT2D eigenvalue weighted by atomic mass is 16.3. The highest BCUT2D eigenvalue weighted by Crippen LogP contribution is 2.22. The number of piperidine rings is 1. The third kappa shape index (κ3) is 3.36. The van der Waals surface area contributed by atoms with Gasteiger partial charge in [-0.15, -0.1) is 0 Å². The average molecular weight is 302 g/mol. The monoisotopic (exact) mass is 302 g/mol. The predicted octanol–water partition coefficient (Wildman–Crippen LogP) is 1.03. The number of anilines is 2.